The molecule has 5 fully saturated rings. The number of carbonyl (C=O) groups is 3. The third-order valence-electron chi connectivity index (χ3n) is 8.45. The van der Waals surface area contributed by atoms with E-state index in [0.717, 1.165) is 19.3 Å². The van der Waals surface area contributed by atoms with Crippen molar-refractivity contribution in [3.8, 4) is 0 Å². The smallest absolute Gasteiger partial charge is 0.319 e. The number of urea groups is 1. The van der Waals surface area contributed by atoms with Gasteiger partial charge in [0.15, 0.2) is 0 Å². The number of anilines is 1. The van der Waals surface area contributed by atoms with Crippen LogP contribution in [-0.4, -0.2) is 46.5 Å². The first kappa shape index (κ1) is 22.2. The third kappa shape index (κ3) is 4.34. The van der Waals surface area contributed by atoms with E-state index in [9.17, 15) is 19.5 Å². The molecule has 4 aliphatic carbocycles. The van der Waals surface area contributed by atoms with Gasteiger partial charge in [-0.25, -0.2) is 4.79 Å². The summed E-state index contributed by atoms with van der Waals surface area (Å²) in [5, 5.41) is 15.6. The van der Waals surface area contributed by atoms with Crippen molar-refractivity contribution >= 4 is 23.6 Å². The van der Waals surface area contributed by atoms with Crippen molar-refractivity contribution in [2.45, 2.75) is 70.8 Å². The normalized spacial score (nSPS) is 37.0. The van der Waals surface area contributed by atoms with Gasteiger partial charge in [0.1, 0.15) is 0 Å². The highest BCUT2D eigenvalue weighted by Crippen LogP contribution is 2.66. The van der Waals surface area contributed by atoms with E-state index in [1.54, 1.807) is 29.2 Å². The van der Waals surface area contributed by atoms with E-state index in [1.165, 1.54) is 19.3 Å². The quantitative estimate of drug-likeness (QED) is 0.625. The van der Waals surface area contributed by atoms with Crippen LogP contribution in [-0.2, 0) is 4.79 Å². The number of likely N-dealkylation sites (tertiary alicyclic amines) is 1. The first-order valence-corrected chi connectivity index (χ1v) is 12.3. The molecule has 4 bridgehead atoms. The lowest BCUT2D eigenvalue weighted by molar-refractivity contribution is -0.143. The van der Waals surface area contributed by atoms with E-state index in [-0.39, 0.29) is 24.0 Å². The summed E-state index contributed by atoms with van der Waals surface area (Å²) in [7, 11) is 0. The average molecular weight is 454 g/mol. The number of piperidine rings is 1. The Balaban J connectivity index is 1.21. The van der Waals surface area contributed by atoms with E-state index in [0.29, 0.717) is 47.4 Å². The second kappa shape index (κ2) is 7.74. The molecule has 33 heavy (non-hydrogen) atoms. The Labute approximate surface area is 195 Å². The molecule has 3 N–H and O–H groups in total. The average Bonchev–Trinajstić information content (AvgIpc) is 2.70. The fourth-order valence-electron chi connectivity index (χ4n) is 8.23. The topological polar surface area (TPSA) is 98.7 Å². The molecule has 6 rings (SSSR count). The molecule has 0 radical (unpaired) electrons. The van der Waals surface area contributed by atoms with Crippen LogP contribution in [0.5, 0.6) is 0 Å². The Morgan fingerprint density at radius 2 is 1.67 bits per heavy atom. The monoisotopic (exact) mass is 453 g/mol. The number of hydrogen-bond acceptors (Lipinski definition) is 3. The molecule has 1 aliphatic heterocycles. The largest absolute Gasteiger partial charge is 0.481 e. The molecular formula is C26H35N3O4. The van der Waals surface area contributed by atoms with Crippen molar-refractivity contribution in [1.29, 1.82) is 0 Å². The number of hydrogen-bond donors (Lipinski definition) is 3. The van der Waals surface area contributed by atoms with Crippen LogP contribution in [0, 0.1) is 22.7 Å². The standard InChI is InChI=1S/C26H35N3O4/c1-24-10-17-11-25(2,14-24)16-26(12-17,15-24)28-23(33)27-20-7-5-18(6-8-20)21(30)29-9-3-4-19(13-29)22(31)32/h5-8,17,19H,3-4,9-16H2,1-2H3,(H,31,32)(H2,27,28,33). The van der Waals surface area contributed by atoms with Gasteiger partial charge in [-0.3, -0.25) is 9.59 Å². The number of carboxylic acid groups (broad SMARTS) is 1. The van der Waals surface area contributed by atoms with Gasteiger partial charge in [0.25, 0.3) is 5.91 Å². The van der Waals surface area contributed by atoms with Gasteiger partial charge in [-0.15, -0.1) is 0 Å². The SMILES string of the molecule is CC12CC3CC(C)(C1)CC(NC(=O)Nc1ccc(C(=O)N4CCCC(C(=O)O)C4)cc1)(C3)C2. The summed E-state index contributed by atoms with van der Waals surface area (Å²) in [5.41, 5.74) is 1.70. The summed E-state index contributed by atoms with van der Waals surface area (Å²) in [6.07, 6.45) is 8.33. The summed E-state index contributed by atoms with van der Waals surface area (Å²) in [4.78, 5) is 38.6. The zero-order valence-electron chi connectivity index (χ0n) is 19.7. The number of rotatable bonds is 4. The molecule has 7 nitrogen and oxygen atoms in total. The molecule has 4 saturated carbocycles. The highest BCUT2D eigenvalue weighted by atomic mass is 16.4. The lowest BCUT2D eigenvalue weighted by Crippen LogP contribution is -2.65. The maximum atomic E-state index is 12.9. The fourth-order valence-corrected chi connectivity index (χ4v) is 8.23. The van der Waals surface area contributed by atoms with Crippen LogP contribution < -0.4 is 10.6 Å². The maximum absolute atomic E-state index is 12.9. The minimum absolute atomic E-state index is 0.113. The van der Waals surface area contributed by atoms with Gasteiger partial charge in [0.05, 0.1) is 5.92 Å². The number of carbonyl (C=O) groups excluding carboxylic acids is 2. The van der Waals surface area contributed by atoms with Crippen molar-refractivity contribution in [2.24, 2.45) is 22.7 Å². The van der Waals surface area contributed by atoms with Crippen LogP contribution >= 0.6 is 0 Å². The van der Waals surface area contributed by atoms with Crippen LogP contribution in [0.15, 0.2) is 24.3 Å². The van der Waals surface area contributed by atoms with E-state index in [1.807, 2.05) is 0 Å². The summed E-state index contributed by atoms with van der Waals surface area (Å²) < 4.78 is 0. The Hall–Kier alpha value is -2.57. The van der Waals surface area contributed by atoms with Crippen molar-refractivity contribution in [3.05, 3.63) is 29.8 Å². The summed E-state index contributed by atoms with van der Waals surface area (Å²) in [5.74, 6) is -0.800. The molecule has 1 heterocycles. The highest BCUT2D eigenvalue weighted by molar-refractivity contribution is 5.96. The molecule has 1 saturated heterocycles. The Kier molecular flexibility index (Phi) is 5.22. The molecule has 5 aliphatic rings. The lowest BCUT2D eigenvalue weighted by Gasteiger charge is -2.65. The molecule has 3 amide bonds. The second-order valence-electron chi connectivity index (χ2n) is 12.0. The van der Waals surface area contributed by atoms with Crippen molar-refractivity contribution in [1.82, 2.24) is 10.2 Å². The van der Waals surface area contributed by atoms with Gasteiger partial charge in [-0.1, -0.05) is 13.8 Å². The summed E-state index contributed by atoms with van der Waals surface area (Å²) in [6, 6.07) is 6.72. The minimum atomic E-state index is -0.847. The molecule has 7 heteroatoms. The molecule has 0 aromatic heterocycles. The second-order valence-corrected chi connectivity index (χ2v) is 12.0. The molecule has 1 aromatic carbocycles. The van der Waals surface area contributed by atoms with Gasteiger partial charge in [-0.2, -0.15) is 0 Å². The Morgan fingerprint density at radius 3 is 2.27 bits per heavy atom. The zero-order valence-corrected chi connectivity index (χ0v) is 19.7. The van der Waals surface area contributed by atoms with Crippen molar-refractivity contribution < 1.29 is 19.5 Å². The molecular weight excluding hydrogens is 418 g/mol. The summed E-state index contributed by atoms with van der Waals surface area (Å²) in [6.45, 7) is 5.60. The van der Waals surface area contributed by atoms with E-state index in [4.69, 9.17) is 0 Å². The molecule has 178 valence electrons. The number of aliphatic carboxylic acids is 1. The number of nitrogens with zero attached hydrogens (tertiary/aromatic N) is 1. The van der Waals surface area contributed by atoms with Crippen LogP contribution in [0.4, 0.5) is 10.5 Å². The number of carboxylic acids is 1. The maximum Gasteiger partial charge on any atom is 0.319 e. The van der Waals surface area contributed by atoms with Gasteiger partial charge in [0.2, 0.25) is 0 Å². The van der Waals surface area contributed by atoms with Gasteiger partial charge in [0, 0.05) is 29.9 Å². The lowest BCUT2D eigenvalue weighted by atomic mass is 9.43. The van der Waals surface area contributed by atoms with E-state index < -0.39 is 11.9 Å². The van der Waals surface area contributed by atoms with Crippen LogP contribution in [0.25, 0.3) is 0 Å². The van der Waals surface area contributed by atoms with Crippen LogP contribution in [0.2, 0.25) is 0 Å². The summed E-state index contributed by atoms with van der Waals surface area (Å²) >= 11 is 0. The molecule has 3 unspecified atom stereocenters. The van der Waals surface area contributed by atoms with Gasteiger partial charge in [-0.05, 0) is 92.4 Å². The Bertz CT molecular complexity index is 956. The number of nitrogens with one attached hydrogen (secondary N) is 2. The number of benzene rings is 1. The zero-order chi connectivity index (χ0) is 23.4. The van der Waals surface area contributed by atoms with Crippen LogP contribution in [0.1, 0.15) is 75.6 Å². The van der Waals surface area contributed by atoms with Gasteiger partial charge >= 0.3 is 12.0 Å². The predicted molar refractivity (Wildman–Crippen MR) is 125 cm³/mol. The van der Waals surface area contributed by atoms with Crippen molar-refractivity contribution in [2.75, 3.05) is 18.4 Å². The minimum Gasteiger partial charge on any atom is -0.481 e. The van der Waals surface area contributed by atoms with Gasteiger partial charge < -0.3 is 20.6 Å². The Morgan fingerprint density at radius 1 is 1.00 bits per heavy atom. The van der Waals surface area contributed by atoms with Crippen LogP contribution in [0.3, 0.4) is 0 Å². The third-order valence-corrected chi connectivity index (χ3v) is 8.45. The van der Waals surface area contributed by atoms with E-state index >= 15 is 0 Å². The first-order valence-electron chi connectivity index (χ1n) is 12.3. The number of amides is 3. The highest BCUT2D eigenvalue weighted by Gasteiger charge is 2.60. The molecule has 3 atom stereocenters. The first-order chi connectivity index (χ1) is 15.6. The molecule has 0 spiro atoms. The van der Waals surface area contributed by atoms with Crippen molar-refractivity contribution in [3.63, 3.8) is 0 Å². The predicted octanol–water partition coefficient (Wildman–Crippen LogP) is 4.49. The van der Waals surface area contributed by atoms with E-state index in [2.05, 4.69) is 24.5 Å². The molecule has 1 aromatic rings. The fraction of sp³-hybridized carbons (Fsp3) is 0.654.